The number of guanidine groups is 2. The highest BCUT2D eigenvalue weighted by molar-refractivity contribution is 6.02. The molecule has 0 aliphatic rings. The highest BCUT2D eigenvalue weighted by Gasteiger charge is 2.11. The van der Waals surface area contributed by atoms with Crippen molar-refractivity contribution < 1.29 is 13.2 Å². The number of benzene rings is 1. The van der Waals surface area contributed by atoms with E-state index in [1.54, 1.807) is 0 Å². The molecular weight excluding hydrogens is 259 g/mol. The summed E-state index contributed by atoms with van der Waals surface area (Å²) in [7, 11) is 0. The van der Waals surface area contributed by atoms with Crippen LogP contribution < -0.4 is 16.4 Å². The van der Waals surface area contributed by atoms with Crippen molar-refractivity contribution in [3.05, 3.63) is 29.6 Å². The molecule has 0 amide bonds. The van der Waals surface area contributed by atoms with Gasteiger partial charge in [0.25, 0.3) is 0 Å². The maximum absolute atomic E-state index is 12.7. The topological polar surface area (TPSA) is 97.8 Å². The lowest BCUT2D eigenvalue weighted by Gasteiger charge is -2.09. The van der Waals surface area contributed by atoms with Gasteiger partial charge in [-0.2, -0.15) is 0 Å². The third kappa shape index (κ3) is 4.19. The van der Waals surface area contributed by atoms with Gasteiger partial charge in [0.15, 0.2) is 29.4 Å². The molecule has 1 rings (SSSR count). The van der Waals surface area contributed by atoms with Crippen LogP contribution in [0.5, 0.6) is 0 Å². The monoisotopic (exact) mass is 267 g/mol. The van der Waals surface area contributed by atoms with E-state index >= 15 is 0 Å². The van der Waals surface area contributed by atoms with E-state index < -0.39 is 29.4 Å². The van der Waals surface area contributed by atoms with Crippen molar-refractivity contribution in [2.24, 2.45) is 5.73 Å². The van der Waals surface area contributed by atoms with Gasteiger partial charge < -0.3 is 11.1 Å². The maximum Gasteiger partial charge on any atom is 0.199 e. The summed E-state index contributed by atoms with van der Waals surface area (Å²) < 4.78 is 38.0. The smallest absolute Gasteiger partial charge is 0.199 e. The molecule has 0 bridgehead atoms. The van der Waals surface area contributed by atoms with Crippen molar-refractivity contribution in [2.45, 2.75) is 0 Å². The molecule has 0 aromatic heterocycles. The number of nitrogens with two attached hydrogens (primary N) is 1. The van der Waals surface area contributed by atoms with Gasteiger partial charge in [-0.15, -0.1) is 12.4 Å². The van der Waals surface area contributed by atoms with Crippen LogP contribution in [-0.4, -0.2) is 11.9 Å². The number of nitrogens with one attached hydrogen (secondary N) is 4. The van der Waals surface area contributed by atoms with Crippen LogP contribution in [0.15, 0.2) is 12.1 Å². The molecule has 0 aliphatic carbocycles. The molecule has 9 heteroatoms. The van der Waals surface area contributed by atoms with E-state index in [0.717, 1.165) is 0 Å². The Morgan fingerprint density at radius 3 is 2.00 bits per heavy atom. The standard InChI is InChI=1S/C8H8F3N5.ClH/c9-4-1-3(2-5(10)6(4)11)15-8(14)16-7(12)13;/h1-2H,(H6,12,13,14,15,16);1H. The molecule has 0 saturated carbocycles. The molecular formula is C8H9ClF3N5. The predicted molar refractivity (Wildman–Crippen MR) is 60.0 cm³/mol. The molecule has 0 unspecified atom stereocenters. The summed E-state index contributed by atoms with van der Waals surface area (Å²) in [6, 6.07) is 1.35. The van der Waals surface area contributed by atoms with Crippen LogP contribution in [0.2, 0.25) is 0 Å². The van der Waals surface area contributed by atoms with Crippen molar-refractivity contribution in [2.75, 3.05) is 5.32 Å². The Labute approximate surface area is 101 Å². The fraction of sp³-hybridized carbons (Fsp3) is 0. The van der Waals surface area contributed by atoms with E-state index in [4.69, 9.17) is 16.6 Å². The Hall–Kier alpha value is -1.96. The second kappa shape index (κ2) is 5.94. The van der Waals surface area contributed by atoms with Gasteiger partial charge in [0.1, 0.15) is 0 Å². The fourth-order valence-electron chi connectivity index (χ4n) is 0.938. The van der Waals surface area contributed by atoms with Crippen molar-refractivity contribution in [3.8, 4) is 0 Å². The second-order valence-electron chi connectivity index (χ2n) is 2.79. The highest BCUT2D eigenvalue weighted by Crippen LogP contribution is 2.16. The van der Waals surface area contributed by atoms with Crippen LogP contribution >= 0.6 is 12.4 Å². The molecule has 6 N–H and O–H groups in total. The minimum absolute atomic E-state index is 0. The zero-order valence-electron chi connectivity index (χ0n) is 8.27. The molecule has 0 fully saturated rings. The van der Waals surface area contributed by atoms with Crippen molar-refractivity contribution in [1.82, 2.24) is 5.32 Å². The number of halogens is 4. The van der Waals surface area contributed by atoms with Crippen LogP contribution in [0.3, 0.4) is 0 Å². The van der Waals surface area contributed by atoms with Crippen LogP contribution in [-0.2, 0) is 0 Å². The van der Waals surface area contributed by atoms with Gasteiger partial charge in [0.05, 0.1) is 0 Å². The molecule has 0 heterocycles. The summed E-state index contributed by atoms with van der Waals surface area (Å²) >= 11 is 0. The third-order valence-electron chi connectivity index (χ3n) is 1.51. The molecule has 0 spiro atoms. The van der Waals surface area contributed by atoms with E-state index in [-0.39, 0.29) is 18.1 Å². The molecule has 17 heavy (non-hydrogen) atoms. The fourth-order valence-corrected chi connectivity index (χ4v) is 0.938. The van der Waals surface area contributed by atoms with E-state index in [0.29, 0.717) is 12.1 Å². The second-order valence-corrected chi connectivity index (χ2v) is 2.79. The van der Waals surface area contributed by atoms with Crippen LogP contribution in [0.25, 0.3) is 0 Å². The van der Waals surface area contributed by atoms with E-state index in [1.165, 1.54) is 0 Å². The first-order valence-corrected chi connectivity index (χ1v) is 4.01. The van der Waals surface area contributed by atoms with Gasteiger partial charge in [-0.1, -0.05) is 0 Å². The molecule has 0 aliphatic heterocycles. The number of rotatable bonds is 1. The molecule has 1 aromatic carbocycles. The lowest BCUT2D eigenvalue weighted by Crippen LogP contribution is -2.39. The molecule has 0 saturated heterocycles. The zero-order valence-corrected chi connectivity index (χ0v) is 9.09. The molecule has 0 atom stereocenters. The average molecular weight is 268 g/mol. The normalized spacial score (nSPS) is 9.12. The quantitative estimate of drug-likeness (QED) is 0.302. The van der Waals surface area contributed by atoms with Crippen LogP contribution in [0, 0.1) is 28.3 Å². The lowest BCUT2D eigenvalue weighted by atomic mass is 10.3. The van der Waals surface area contributed by atoms with Gasteiger partial charge in [-0.25, -0.2) is 13.2 Å². The van der Waals surface area contributed by atoms with Gasteiger partial charge in [0, 0.05) is 17.8 Å². The van der Waals surface area contributed by atoms with Gasteiger partial charge in [0.2, 0.25) is 0 Å². The Morgan fingerprint density at radius 1 is 1.12 bits per heavy atom. The maximum atomic E-state index is 12.7. The van der Waals surface area contributed by atoms with Crippen molar-refractivity contribution in [3.63, 3.8) is 0 Å². The van der Waals surface area contributed by atoms with Crippen LogP contribution in [0.1, 0.15) is 0 Å². The summed E-state index contributed by atoms with van der Waals surface area (Å²) in [6.45, 7) is 0. The van der Waals surface area contributed by atoms with Crippen molar-refractivity contribution in [1.29, 1.82) is 10.8 Å². The number of anilines is 1. The summed E-state index contributed by atoms with van der Waals surface area (Å²) in [6.07, 6.45) is 0. The number of hydrogen-bond acceptors (Lipinski definition) is 2. The first kappa shape index (κ1) is 15.0. The molecule has 5 nitrogen and oxygen atoms in total. The summed E-state index contributed by atoms with van der Waals surface area (Å²) in [5.41, 5.74) is 4.74. The molecule has 0 radical (unpaired) electrons. The first-order valence-electron chi connectivity index (χ1n) is 4.01. The Kier molecular flexibility index (Phi) is 5.26. The summed E-state index contributed by atoms with van der Waals surface area (Å²) in [5.74, 6) is -5.31. The Balaban J connectivity index is 0.00000256. The minimum Gasteiger partial charge on any atom is -0.370 e. The zero-order chi connectivity index (χ0) is 12.3. The molecule has 94 valence electrons. The van der Waals surface area contributed by atoms with Gasteiger partial charge >= 0.3 is 0 Å². The predicted octanol–water partition coefficient (Wildman–Crippen LogP) is 1.36. The van der Waals surface area contributed by atoms with E-state index in [2.05, 4.69) is 5.32 Å². The Bertz CT molecular complexity index is 428. The summed E-state index contributed by atoms with van der Waals surface area (Å²) in [4.78, 5) is 0. The van der Waals surface area contributed by atoms with E-state index in [1.807, 2.05) is 5.32 Å². The SMILES string of the molecule is Cl.N=C(N)NC(=N)Nc1cc(F)c(F)c(F)c1. The minimum atomic E-state index is -1.59. The molecule has 1 aromatic rings. The summed E-state index contributed by atoms with van der Waals surface area (Å²) in [5, 5.41) is 18.2. The van der Waals surface area contributed by atoms with Crippen LogP contribution in [0.4, 0.5) is 18.9 Å². The Morgan fingerprint density at radius 2 is 1.59 bits per heavy atom. The van der Waals surface area contributed by atoms with Gasteiger partial charge in [-0.05, 0) is 0 Å². The third-order valence-corrected chi connectivity index (χ3v) is 1.51. The van der Waals surface area contributed by atoms with Crippen molar-refractivity contribution >= 4 is 30.0 Å². The largest absolute Gasteiger partial charge is 0.370 e. The van der Waals surface area contributed by atoms with Gasteiger partial charge in [-0.3, -0.25) is 16.1 Å². The number of hydrogen-bond donors (Lipinski definition) is 5. The average Bonchev–Trinajstić information content (AvgIpc) is 2.12. The first-order chi connectivity index (χ1) is 7.40. The van der Waals surface area contributed by atoms with E-state index in [9.17, 15) is 13.2 Å². The highest BCUT2D eigenvalue weighted by atomic mass is 35.5. The lowest BCUT2D eigenvalue weighted by molar-refractivity contribution is 0.448.